The molecule has 1 radical (unpaired) electrons. The van der Waals surface area contributed by atoms with Gasteiger partial charge in [-0.2, -0.15) is 0 Å². The van der Waals surface area contributed by atoms with Crippen LogP contribution in [0.25, 0.3) is 11.1 Å². The fourth-order valence-corrected chi connectivity index (χ4v) is 1.36. The van der Waals surface area contributed by atoms with E-state index in [4.69, 9.17) is 0 Å². The van der Waals surface area contributed by atoms with Gasteiger partial charge >= 0.3 is 0 Å². The SMILES string of the molecule is O=Cc1[c]ccc(-c2ccccc2)c1. The van der Waals surface area contributed by atoms with Gasteiger partial charge in [0, 0.05) is 5.56 Å². The van der Waals surface area contributed by atoms with Crippen LogP contribution in [-0.2, 0) is 0 Å². The van der Waals surface area contributed by atoms with Gasteiger partial charge in [-0.25, -0.2) is 0 Å². The summed E-state index contributed by atoms with van der Waals surface area (Å²) in [5.74, 6) is 0. The molecule has 2 aromatic carbocycles. The highest BCUT2D eigenvalue weighted by Gasteiger charge is 1.97. The van der Waals surface area contributed by atoms with Crippen molar-refractivity contribution in [3.63, 3.8) is 0 Å². The van der Waals surface area contributed by atoms with E-state index in [1.807, 2.05) is 42.5 Å². The Morgan fingerprint density at radius 2 is 1.79 bits per heavy atom. The van der Waals surface area contributed by atoms with E-state index in [1.165, 1.54) is 0 Å². The van der Waals surface area contributed by atoms with E-state index in [1.54, 1.807) is 6.07 Å². The van der Waals surface area contributed by atoms with Gasteiger partial charge in [0.25, 0.3) is 0 Å². The highest BCUT2D eigenvalue weighted by Crippen LogP contribution is 2.18. The average Bonchev–Trinajstić information content (AvgIpc) is 2.30. The lowest BCUT2D eigenvalue weighted by molar-refractivity contribution is 0.112. The molecule has 0 spiro atoms. The first-order valence-electron chi connectivity index (χ1n) is 4.42. The molecule has 0 N–H and O–H groups in total. The second kappa shape index (κ2) is 3.88. The Morgan fingerprint density at radius 1 is 1.00 bits per heavy atom. The first-order chi connectivity index (χ1) is 6.90. The zero-order valence-corrected chi connectivity index (χ0v) is 7.60. The maximum atomic E-state index is 10.6. The number of carbonyl (C=O) groups excluding carboxylic acids is 1. The number of hydrogen-bond acceptors (Lipinski definition) is 1. The summed E-state index contributed by atoms with van der Waals surface area (Å²) in [5, 5.41) is 0. The minimum absolute atomic E-state index is 0.589. The van der Waals surface area contributed by atoms with Crippen molar-refractivity contribution >= 4 is 6.29 Å². The summed E-state index contributed by atoms with van der Waals surface area (Å²) in [6, 6.07) is 18.4. The molecule has 0 aliphatic rings. The molecule has 0 amide bonds. The summed E-state index contributed by atoms with van der Waals surface area (Å²) in [6.45, 7) is 0. The van der Waals surface area contributed by atoms with Crippen molar-refractivity contribution in [3.8, 4) is 11.1 Å². The van der Waals surface area contributed by atoms with Gasteiger partial charge in [0.05, 0.1) is 0 Å². The van der Waals surface area contributed by atoms with Crippen LogP contribution >= 0.6 is 0 Å². The van der Waals surface area contributed by atoms with Gasteiger partial charge in [0.2, 0.25) is 0 Å². The van der Waals surface area contributed by atoms with E-state index in [9.17, 15) is 4.79 Å². The monoisotopic (exact) mass is 181 g/mol. The molecule has 0 aromatic heterocycles. The molecule has 1 heteroatoms. The summed E-state index contributed by atoms with van der Waals surface area (Å²) >= 11 is 0. The van der Waals surface area contributed by atoms with Crippen LogP contribution in [0, 0.1) is 6.07 Å². The molecule has 67 valence electrons. The fourth-order valence-electron chi connectivity index (χ4n) is 1.36. The second-order valence-electron chi connectivity index (χ2n) is 3.02. The molecule has 0 heterocycles. The first-order valence-corrected chi connectivity index (χ1v) is 4.42. The summed E-state index contributed by atoms with van der Waals surface area (Å²) in [6.07, 6.45) is 0.812. The maximum Gasteiger partial charge on any atom is 0.150 e. The smallest absolute Gasteiger partial charge is 0.150 e. The van der Waals surface area contributed by atoms with E-state index in [2.05, 4.69) is 6.07 Å². The van der Waals surface area contributed by atoms with Crippen LogP contribution in [0.5, 0.6) is 0 Å². The molecule has 0 aliphatic carbocycles. The Balaban J connectivity index is 2.47. The molecule has 2 rings (SSSR count). The molecule has 0 fully saturated rings. The van der Waals surface area contributed by atoms with Crippen molar-refractivity contribution in [2.75, 3.05) is 0 Å². The Kier molecular flexibility index (Phi) is 2.41. The lowest BCUT2D eigenvalue weighted by atomic mass is 10.0. The van der Waals surface area contributed by atoms with Gasteiger partial charge < -0.3 is 0 Å². The predicted molar refractivity (Wildman–Crippen MR) is 56.1 cm³/mol. The lowest BCUT2D eigenvalue weighted by Gasteiger charge is -2.00. The van der Waals surface area contributed by atoms with Crippen molar-refractivity contribution in [1.29, 1.82) is 0 Å². The Hall–Kier alpha value is -1.89. The first kappa shape index (κ1) is 8.70. The molecule has 0 saturated heterocycles. The molecular formula is C13H9O. The minimum Gasteiger partial charge on any atom is -0.298 e. The van der Waals surface area contributed by atoms with Crippen molar-refractivity contribution in [1.82, 2.24) is 0 Å². The Bertz CT molecular complexity index is 432. The highest BCUT2D eigenvalue weighted by atomic mass is 16.1. The van der Waals surface area contributed by atoms with Crippen LogP contribution in [0.2, 0.25) is 0 Å². The summed E-state index contributed by atoms with van der Waals surface area (Å²) in [7, 11) is 0. The number of benzene rings is 2. The number of carbonyl (C=O) groups is 1. The summed E-state index contributed by atoms with van der Waals surface area (Å²) in [5.41, 5.74) is 2.75. The number of aldehydes is 1. The van der Waals surface area contributed by atoms with Crippen molar-refractivity contribution in [3.05, 3.63) is 60.2 Å². The van der Waals surface area contributed by atoms with Crippen LogP contribution in [0.4, 0.5) is 0 Å². The van der Waals surface area contributed by atoms with Crippen LogP contribution in [-0.4, -0.2) is 6.29 Å². The Labute approximate surface area is 83.0 Å². The zero-order valence-electron chi connectivity index (χ0n) is 7.60. The molecule has 14 heavy (non-hydrogen) atoms. The van der Waals surface area contributed by atoms with Gasteiger partial charge in [-0.1, -0.05) is 42.5 Å². The van der Waals surface area contributed by atoms with Gasteiger partial charge in [-0.3, -0.25) is 4.79 Å². The van der Waals surface area contributed by atoms with Gasteiger partial charge in [-0.15, -0.1) is 0 Å². The lowest BCUT2D eigenvalue weighted by Crippen LogP contribution is -1.82. The van der Waals surface area contributed by atoms with E-state index in [0.29, 0.717) is 5.56 Å². The molecule has 0 saturated carbocycles. The zero-order chi connectivity index (χ0) is 9.80. The van der Waals surface area contributed by atoms with E-state index >= 15 is 0 Å². The van der Waals surface area contributed by atoms with Crippen molar-refractivity contribution in [2.24, 2.45) is 0 Å². The molecule has 0 bridgehead atoms. The van der Waals surface area contributed by atoms with Crippen LogP contribution in [0.3, 0.4) is 0 Å². The molecule has 0 aliphatic heterocycles. The molecular weight excluding hydrogens is 172 g/mol. The number of rotatable bonds is 2. The van der Waals surface area contributed by atoms with Gasteiger partial charge in [0.15, 0.2) is 6.29 Å². The minimum atomic E-state index is 0.589. The molecule has 0 atom stereocenters. The van der Waals surface area contributed by atoms with E-state index < -0.39 is 0 Å². The quantitative estimate of drug-likeness (QED) is 0.651. The molecule has 1 nitrogen and oxygen atoms in total. The third-order valence-electron chi connectivity index (χ3n) is 2.06. The molecule has 2 aromatic rings. The highest BCUT2D eigenvalue weighted by molar-refractivity contribution is 5.78. The summed E-state index contributed by atoms with van der Waals surface area (Å²) < 4.78 is 0. The van der Waals surface area contributed by atoms with Gasteiger partial charge in [0.1, 0.15) is 0 Å². The predicted octanol–water partition coefficient (Wildman–Crippen LogP) is 2.97. The average molecular weight is 181 g/mol. The van der Waals surface area contributed by atoms with Crippen LogP contribution < -0.4 is 0 Å². The third-order valence-corrected chi connectivity index (χ3v) is 2.06. The fraction of sp³-hybridized carbons (Fsp3) is 0. The van der Waals surface area contributed by atoms with Crippen LogP contribution in [0.1, 0.15) is 10.4 Å². The van der Waals surface area contributed by atoms with Crippen molar-refractivity contribution < 1.29 is 4.79 Å². The Morgan fingerprint density at radius 3 is 2.50 bits per heavy atom. The summed E-state index contributed by atoms with van der Waals surface area (Å²) in [4.78, 5) is 10.6. The number of hydrogen-bond donors (Lipinski definition) is 0. The van der Waals surface area contributed by atoms with E-state index in [0.717, 1.165) is 17.4 Å². The second-order valence-corrected chi connectivity index (χ2v) is 3.02. The normalized spacial score (nSPS) is 9.71. The largest absolute Gasteiger partial charge is 0.298 e. The maximum absolute atomic E-state index is 10.6. The van der Waals surface area contributed by atoms with Gasteiger partial charge in [-0.05, 0) is 23.3 Å². The van der Waals surface area contributed by atoms with E-state index in [-0.39, 0.29) is 0 Å². The van der Waals surface area contributed by atoms with Crippen LogP contribution in [0.15, 0.2) is 48.5 Å². The standard InChI is InChI=1S/C13H9O/c14-10-11-5-4-8-13(9-11)12-6-2-1-3-7-12/h1-4,6-10H. The topological polar surface area (TPSA) is 17.1 Å². The van der Waals surface area contributed by atoms with Crippen molar-refractivity contribution in [2.45, 2.75) is 0 Å². The molecule has 0 unspecified atom stereocenters. The third kappa shape index (κ3) is 1.72.